The van der Waals surface area contributed by atoms with Crippen LogP contribution in [0.3, 0.4) is 0 Å². The second kappa shape index (κ2) is 6.60. The van der Waals surface area contributed by atoms with E-state index in [9.17, 15) is 9.59 Å². The molecule has 0 saturated carbocycles. The van der Waals surface area contributed by atoms with E-state index in [1.165, 1.54) is 19.4 Å². The van der Waals surface area contributed by atoms with E-state index in [0.717, 1.165) is 5.56 Å². The maximum atomic E-state index is 11.8. The summed E-state index contributed by atoms with van der Waals surface area (Å²) in [5.41, 5.74) is 1.50. The van der Waals surface area contributed by atoms with Crippen molar-refractivity contribution in [2.45, 2.75) is 6.92 Å². The highest BCUT2D eigenvalue weighted by Crippen LogP contribution is 2.25. The number of benzene rings is 1. The molecule has 2 aromatic rings. The van der Waals surface area contributed by atoms with E-state index in [-0.39, 0.29) is 5.76 Å². The van der Waals surface area contributed by atoms with Gasteiger partial charge < -0.3 is 19.2 Å². The molecule has 0 bridgehead atoms. The first-order chi connectivity index (χ1) is 10.1. The second-order valence-electron chi connectivity index (χ2n) is 4.31. The summed E-state index contributed by atoms with van der Waals surface area (Å²) >= 11 is 0. The van der Waals surface area contributed by atoms with Gasteiger partial charge in [-0.25, -0.2) is 4.79 Å². The molecule has 1 aromatic carbocycles. The van der Waals surface area contributed by atoms with Crippen molar-refractivity contribution in [2.75, 3.05) is 19.0 Å². The number of esters is 1. The van der Waals surface area contributed by atoms with Gasteiger partial charge in [0.25, 0.3) is 5.91 Å². The van der Waals surface area contributed by atoms with E-state index in [0.29, 0.717) is 11.4 Å². The van der Waals surface area contributed by atoms with Gasteiger partial charge in [0, 0.05) is 0 Å². The summed E-state index contributed by atoms with van der Waals surface area (Å²) in [4.78, 5) is 23.3. The number of rotatable bonds is 5. The number of amides is 1. The van der Waals surface area contributed by atoms with Crippen LogP contribution in [0.4, 0.5) is 5.69 Å². The number of ether oxygens (including phenoxy) is 2. The molecule has 0 aliphatic carbocycles. The van der Waals surface area contributed by atoms with Crippen molar-refractivity contribution in [2.24, 2.45) is 0 Å². The fourth-order valence-electron chi connectivity index (χ4n) is 1.70. The fraction of sp³-hybridized carbons (Fsp3) is 0.200. The predicted octanol–water partition coefficient (Wildman–Crippen LogP) is 2.39. The number of hydrogen-bond donors (Lipinski definition) is 1. The summed E-state index contributed by atoms with van der Waals surface area (Å²) in [5.74, 6) is -0.563. The van der Waals surface area contributed by atoms with Gasteiger partial charge in [-0.05, 0) is 36.8 Å². The van der Waals surface area contributed by atoms with E-state index in [1.807, 2.05) is 13.0 Å². The lowest BCUT2D eigenvalue weighted by molar-refractivity contribution is -0.119. The highest BCUT2D eigenvalue weighted by molar-refractivity contribution is 5.95. The minimum atomic E-state index is -0.689. The summed E-state index contributed by atoms with van der Waals surface area (Å²) in [7, 11) is 1.51. The lowest BCUT2D eigenvalue weighted by Gasteiger charge is -2.11. The standard InChI is InChI=1S/C15H15NO5/c1-10-5-6-12(19-2)11(8-10)16-14(17)9-21-15(18)13-4-3-7-20-13/h3-8H,9H2,1-2H3,(H,16,17). The van der Waals surface area contributed by atoms with Crippen molar-refractivity contribution < 1.29 is 23.5 Å². The third-order valence-corrected chi connectivity index (χ3v) is 2.69. The number of aryl methyl sites for hydroxylation is 1. The van der Waals surface area contributed by atoms with Crippen LogP contribution in [0, 0.1) is 6.92 Å². The lowest BCUT2D eigenvalue weighted by atomic mass is 10.2. The largest absolute Gasteiger partial charge is 0.495 e. The summed E-state index contributed by atoms with van der Waals surface area (Å²) < 4.78 is 14.9. The molecule has 0 aliphatic heterocycles. The third kappa shape index (κ3) is 3.85. The molecule has 0 radical (unpaired) electrons. The molecule has 0 aliphatic rings. The molecule has 6 heteroatoms. The van der Waals surface area contributed by atoms with E-state index in [1.54, 1.807) is 18.2 Å². The zero-order valence-corrected chi connectivity index (χ0v) is 11.7. The van der Waals surface area contributed by atoms with Crippen molar-refractivity contribution in [3.05, 3.63) is 47.9 Å². The van der Waals surface area contributed by atoms with E-state index in [4.69, 9.17) is 13.9 Å². The molecule has 0 spiro atoms. The van der Waals surface area contributed by atoms with Gasteiger partial charge in [0.15, 0.2) is 6.61 Å². The SMILES string of the molecule is COc1ccc(C)cc1NC(=O)COC(=O)c1ccco1. The molecular formula is C15H15NO5. The highest BCUT2D eigenvalue weighted by atomic mass is 16.5. The Hall–Kier alpha value is -2.76. The van der Waals surface area contributed by atoms with Crippen LogP contribution in [0.1, 0.15) is 16.1 Å². The van der Waals surface area contributed by atoms with Crippen LogP contribution >= 0.6 is 0 Å². The minimum Gasteiger partial charge on any atom is -0.495 e. The molecule has 2 rings (SSSR count). The Morgan fingerprint density at radius 2 is 2.10 bits per heavy atom. The molecule has 1 aromatic heterocycles. The summed E-state index contributed by atoms with van der Waals surface area (Å²) in [6.45, 7) is 1.49. The number of carbonyl (C=O) groups excluding carboxylic acids is 2. The van der Waals surface area contributed by atoms with Gasteiger partial charge >= 0.3 is 5.97 Å². The number of nitrogens with one attached hydrogen (secondary N) is 1. The van der Waals surface area contributed by atoms with E-state index >= 15 is 0 Å². The van der Waals surface area contributed by atoms with Gasteiger partial charge in [0.2, 0.25) is 5.76 Å². The second-order valence-corrected chi connectivity index (χ2v) is 4.31. The smallest absolute Gasteiger partial charge is 0.374 e. The van der Waals surface area contributed by atoms with Crippen LogP contribution < -0.4 is 10.1 Å². The molecule has 0 fully saturated rings. The molecule has 0 atom stereocenters. The summed E-state index contributed by atoms with van der Waals surface area (Å²) in [6.07, 6.45) is 1.36. The Kier molecular flexibility index (Phi) is 4.61. The molecule has 1 amide bonds. The van der Waals surface area contributed by atoms with Crippen LogP contribution in [0.25, 0.3) is 0 Å². The third-order valence-electron chi connectivity index (χ3n) is 2.69. The van der Waals surface area contributed by atoms with Gasteiger partial charge in [-0.1, -0.05) is 6.07 Å². The number of furan rings is 1. The Bertz CT molecular complexity index is 634. The maximum Gasteiger partial charge on any atom is 0.374 e. The molecule has 21 heavy (non-hydrogen) atoms. The van der Waals surface area contributed by atoms with Gasteiger partial charge in [-0.15, -0.1) is 0 Å². The van der Waals surface area contributed by atoms with Crippen molar-refractivity contribution >= 4 is 17.6 Å². The van der Waals surface area contributed by atoms with Crippen molar-refractivity contribution in [3.63, 3.8) is 0 Å². The van der Waals surface area contributed by atoms with Crippen LogP contribution in [0.15, 0.2) is 41.0 Å². The normalized spacial score (nSPS) is 10.0. The van der Waals surface area contributed by atoms with E-state index in [2.05, 4.69) is 5.32 Å². The average molecular weight is 289 g/mol. The van der Waals surface area contributed by atoms with Gasteiger partial charge in [-0.3, -0.25) is 4.79 Å². The first kappa shape index (κ1) is 14.6. The molecule has 1 N–H and O–H groups in total. The first-order valence-electron chi connectivity index (χ1n) is 6.25. The quantitative estimate of drug-likeness (QED) is 0.855. The average Bonchev–Trinajstić information content (AvgIpc) is 2.99. The lowest BCUT2D eigenvalue weighted by Crippen LogP contribution is -2.21. The fourth-order valence-corrected chi connectivity index (χ4v) is 1.70. The number of anilines is 1. The van der Waals surface area contributed by atoms with Crippen LogP contribution in [-0.4, -0.2) is 25.6 Å². The number of methoxy groups -OCH3 is 1. The minimum absolute atomic E-state index is 0.0518. The van der Waals surface area contributed by atoms with Crippen LogP contribution in [0.5, 0.6) is 5.75 Å². The Morgan fingerprint density at radius 1 is 1.29 bits per heavy atom. The van der Waals surface area contributed by atoms with Crippen LogP contribution in [-0.2, 0) is 9.53 Å². The van der Waals surface area contributed by atoms with E-state index < -0.39 is 18.5 Å². The van der Waals surface area contributed by atoms with Gasteiger partial charge in [0.1, 0.15) is 5.75 Å². The zero-order valence-electron chi connectivity index (χ0n) is 11.7. The molecule has 0 saturated heterocycles. The topological polar surface area (TPSA) is 77.8 Å². The van der Waals surface area contributed by atoms with Crippen molar-refractivity contribution in [1.82, 2.24) is 0 Å². The van der Waals surface area contributed by atoms with Gasteiger partial charge in [-0.2, -0.15) is 0 Å². The molecule has 110 valence electrons. The predicted molar refractivity (Wildman–Crippen MR) is 75.4 cm³/mol. The Morgan fingerprint density at radius 3 is 2.76 bits per heavy atom. The number of hydrogen-bond acceptors (Lipinski definition) is 5. The molecule has 1 heterocycles. The molecule has 6 nitrogen and oxygen atoms in total. The Balaban J connectivity index is 1.93. The maximum absolute atomic E-state index is 11.8. The summed E-state index contributed by atoms with van der Waals surface area (Å²) in [5, 5.41) is 2.63. The summed E-state index contributed by atoms with van der Waals surface area (Å²) in [6, 6.07) is 8.41. The zero-order chi connectivity index (χ0) is 15.2. The molecular weight excluding hydrogens is 274 g/mol. The van der Waals surface area contributed by atoms with Crippen molar-refractivity contribution in [1.29, 1.82) is 0 Å². The Labute approximate surface area is 121 Å². The van der Waals surface area contributed by atoms with Crippen molar-refractivity contribution in [3.8, 4) is 5.75 Å². The highest BCUT2D eigenvalue weighted by Gasteiger charge is 2.13. The molecule has 0 unspecified atom stereocenters. The van der Waals surface area contributed by atoms with Gasteiger partial charge in [0.05, 0.1) is 19.1 Å². The number of carbonyl (C=O) groups is 2. The first-order valence-corrected chi connectivity index (χ1v) is 6.25. The monoisotopic (exact) mass is 289 g/mol. The van der Waals surface area contributed by atoms with Crippen LogP contribution in [0.2, 0.25) is 0 Å².